The zero-order chi connectivity index (χ0) is 38.4. The number of furan rings is 1. The van der Waals surface area contributed by atoms with Crippen molar-refractivity contribution in [2.24, 2.45) is 0 Å². The van der Waals surface area contributed by atoms with Gasteiger partial charge in [-0.2, -0.15) is 0 Å². The van der Waals surface area contributed by atoms with Crippen LogP contribution in [0.2, 0.25) is 0 Å². The van der Waals surface area contributed by atoms with Gasteiger partial charge in [0.2, 0.25) is 0 Å². The quantitative estimate of drug-likeness (QED) is 0.155. The number of fused-ring (bicyclic) bond motifs is 6. The van der Waals surface area contributed by atoms with Crippen LogP contribution in [0.15, 0.2) is 229 Å². The highest BCUT2D eigenvalue weighted by atomic mass is 16.3. The molecule has 0 saturated heterocycles. The Balaban J connectivity index is 1.12. The number of benzene rings is 9. The molecule has 58 heavy (non-hydrogen) atoms. The molecular weight excluding hydrogens is 707 g/mol. The van der Waals surface area contributed by atoms with E-state index in [1.165, 1.54) is 16.3 Å². The molecule has 0 N–H and O–H groups in total. The Morgan fingerprint density at radius 1 is 0.328 bits per heavy atom. The van der Waals surface area contributed by atoms with Crippen molar-refractivity contribution in [3.05, 3.63) is 224 Å². The normalized spacial score (nSPS) is 11.4. The lowest BCUT2D eigenvalue weighted by atomic mass is 9.99. The van der Waals surface area contributed by atoms with Crippen molar-refractivity contribution >= 4 is 77.9 Å². The second-order valence-corrected chi connectivity index (χ2v) is 14.6. The van der Waals surface area contributed by atoms with E-state index < -0.39 is 0 Å². The minimum absolute atomic E-state index is 0.868. The Kier molecular flexibility index (Phi) is 8.11. The number of aromatic nitrogens is 1. The zero-order valence-corrected chi connectivity index (χ0v) is 31.6. The molecule has 2 heterocycles. The van der Waals surface area contributed by atoms with Gasteiger partial charge in [0.05, 0.1) is 16.7 Å². The SMILES string of the molecule is c1ccc(N(c2ccc(-c3cc(N(c4ccccc4)c4ccccc4)c4c5ccccc5n(-c5ccccc5)c4c3)cc2)c2ccc3c(c2)oc2ccccc23)cc1. The largest absolute Gasteiger partial charge is 0.456 e. The summed E-state index contributed by atoms with van der Waals surface area (Å²) in [6, 6.07) is 79.8. The molecule has 0 spiro atoms. The van der Waals surface area contributed by atoms with E-state index in [2.05, 4.69) is 227 Å². The Morgan fingerprint density at radius 2 is 0.845 bits per heavy atom. The van der Waals surface area contributed by atoms with E-state index >= 15 is 0 Å². The van der Waals surface area contributed by atoms with Gasteiger partial charge in [0.1, 0.15) is 11.2 Å². The molecule has 4 nitrogen and oxygen atoms in total. The lowest BCUT2D eigenvalue weighted by Crippen LogP contribution is -2.10. The van der Waals surface area contributed by atoms with E-state index in [9.17, 15) is 0 Å². The van der Waals surface area contributed by atoms with Gasteiger partial charge in [0.25, 0.3) is 0 Å². The molecule has 0 radical (unpaired) electrons. The predicted octanol–water partition coefficient (Wildman–Crippen LogP) is 15.3. The van der Waals surface area contributed by atoms with Gasteiger partial charge in [-0.05, 0) is 108 Å². The first kappa shape index (κ1) is 33.5. The number of hydrogen-bond acceptors (Lipinski definition) is 3. The molecule has 0 aliphatic carbocycles. The first-order valence-corrected chi connectivity index (χ1v) is 19.7. The van der Waals surface area contributed by atoms with Crippen LogP contribution in [-0.2, 0) is 0 Å². The van der Waals surface area contributed by atoms with E-state index in [4.69, 9.17) is 4.42 Å². The van der Waals surface area contributed by atoms with Crippen molar-refractivity contribution in [3.8, 4) is 16.8 Å². The molecule has 11 rings (SSSR count). The Labute approximate surface area is 336 Å². The molecule has 0 aliphatic heterocycles. The van der Waals surface area contributed by atoms with Crippen molar-refractivity contribution in [3.63, 3.8) is 0 Å². The van der Waals surface area contributed by atoms with Crippen LogP contribution in [0.5, 0.6) is 0 Å². The molecular formula is C54H37N3O. The number of rotatable bonds is 8. The second kappa shape index (κ2) is 14.0. The molecule has 0 atom stereocenters. The predicted molar refractivity (Wildman–Crippen MR) is 243 cm³/mol. The maximum Gasteiger partial charge on any atom is 0.137 e. The van der Waals surface area contributed by atoms with Crippen LogP contribution < -0.4 is 9.80 Å². The summed E-state index contributed by atoms with van der Waals surface area (Å²) in [7, 11) is 0. The van der Waals surface area contributed by atoms with Gasteiger partial charge in [-0.15, -0.1) is 0 Å². The smallest absolute Gasteiger partial charge is 0.137 e. The third kappa shape index (κ3) is 5.70. The number of hydrogen-bond donors (Lipinski definition) is 0. The van der Waals surface area contributed by atoms with E-state index in [1.54, 1.807) is 0 Å². The van der Waals surface area contributed by atoms with Crippen molar-refractivity contribution in [1.29, 1.82) is 0 Å². The maximum atomic E-state index is 6.35. The van der Waals surface area contributed by atoms with Crippen LogP contribution in [0.1, 0.15) is 0 Å². The summed E-state index contributed by atoms with van der Waals surface area (Å²) in [4.78, 5) is 4.69. The number of anilines is 6. The third-order valence-corrected chi connectivity index (χ3v) is 11.1. The molecule has 11 aromatic rings. The van der Waals surface area contributed by atoms with Crippen molar-refractivity contribution in [2.75, 3.05) is 9.80 Å². The van der Waals surface area contributed by atoms with Crippen LogP contribution in [0.25, 0.3) is 60.6 Å². The third-order valence-electron chi connectivity index (χ3n) is 11.1. The van der Waals surface area contributed by atoms with Crippen molar-refractivity contribution in [2.45, 2.75) is 0 Å². The van der Waals surface area contributed by atoms with Gasteiger partial charge >= 0.3 is 0 Å². The lowest BCUT2D eigenvalue weighted by molar-refractivity contribution is 0.669. The monoisotopic (exact) mass is 743 g/mol. The van der Waals surface area contributed by atoms with Crippen LogP contribution in [0.3, 0.4) is 0 Å². The van der Waals surface area contributed by atoms with Gasteiger partial charge in [0, 0.05) is 61.7 Å². The lowest BCUT2D eigenvalue weighted by Gasteiger charge is -2.27. The first-order chi connectivity index (χ1) is 28.8. The fraction of sp³-hybridized carbons (Fsp3) is 0. The Hall–Kier alpha value is -7.82. The highest BCUT2D eigenvalue weighted by Gasteiger charge is 2.23. The fourth-order valence-corrected chi connectivity index (χ4v) is 8.53. The molecule has 0 amide bonds. The zero-order valence-electron chi connectivity index (χ0n) is 31.6. The molecule has 0 bridgehead atoms. The van der Waals surface area contributed by atoms with Gasteiger partial charge in [-0.1, -0.05) is 121 Å². The van der Waals surface area contributed by atoms with Crippen molar-refractivity contribution in [1.82, 2.24) is 4.57 Å². The molecule has 0 saturated carbocycles. The summed E-state index contributed by atoms with van der Waals surface area (Å²) in [5.41, 5.74) is 13.9. The summed E-state index contributed by atoms with van der Waals surface area (Å²) in [6.07, 6.45) is 0. The average molecular weight is 744 g/mol. The van der Waals surface area contributed by atoms with Crippen LogP contribution in [-0.4, -0.2) is 4.57 Å². The van der Waals surface area contributed by atoms with Gasteiger partial charge in [0.15, 0.2) is 0 Å². The number of para-hydroxylation sites is 6. The summed E-state index contributed by atoms with van der Waals surface area (Å²) in [5.74, 6) is 0. The molecule has 0 fully saturated rings. The van der Waals surface area contributed by atoms with Crippen LogP contribution >= 0.6 is 0 Å². The van der Waals surface area contributed by atoms with Crippen LogP contribution in [0.4, 0.5) is 34.1 Å². The van der Waals surface area contributed by atoms with E-state index in [1.807, 2.05) is 12.1 Å². The standard InChI is InChI=1S/C54H37N3O/c1-5-17-40(18-6-1)55(45-33-34-47-46-25-14-16-28-52(46)58-53(47)37-45)44-31-29-38(30-32-44)39-35-50(56(41-19-7-2-8-20-41)42-21-9-3-10-22-42)54-48-26-13-15-27-49(48)57(51(54)36-39)43-23-11-4-12-24-43/h1-37H. The Morgan fingerprint density at radius 3 is 1.52 bits per heavy atom. The van der Waals surface area contributed by atoms with Gasteiger partial charge in [-0.25, -0.2) is 0 Å². The summed E-state index contributed by atoms with van der Waals surface area (Å²) in [6.45, 7) is 0. The molecule has 9 aromatic carbocycles. The first-order valence-electron chi connectivity index (χ1n) is 19.7. The topological polar surface area (TPSA) is 24.6 Å². The average Bonchev–Trinajstić information content (AvgIpc) is 3.84. The number of nitrogens with zero attached hydrogens (tertiary/aromatic N) is 3. The van der Waals surface area contributed by atoms with Gasteiger partial charge < -0.3 is 18.8 Å². The van der Waals surface area contributed by atoms with Crippen LogP contribution in [0, 0.1) is 0 Å². The van der Waals surface area contributed by atoms with E-state index in [0.29, 0.717) is 0 Å². The molecule has 0 aliphatic rings. The molecule has 0 unspecified atom stereocenters. The highest BCUT2D eigenvalue weighted by Crippen LogP contribution is 2.46. The highest BCUT2D eigenvalue weighted by molar-refractivity contribution is 6.18. The minimum Gasteiger partial charge on any atom is -0.456 e. The van der Waals surface area contributed by atoms with Gasteiger partial charge in [-0.3, -0.25) is 0 Å². The summed E-state index contributed by atoms with van der Waals surface area (Å²) in [5, 5.41) is 4.64. The van der Waals surface area contributed by atoms with Crippen molar-refractivity contribution < 1.29 is 4.42 Å². The minimum atomic E-state index is 0.868. The Bertz CT molecular complexity index is 3170. The summed E-state index contributed by atoms with van der Waals surface area (Å²) >= 11 is 0. The molecule has 2 aromatic heterocycles. The molecule has 4 heteroatoms. The maximum absolute atomic E-state index is 6.35. The fourth-order valence-electron chi connectivity index (χ4n) is 8.53. The van der Waals surface area contributed by atoms with E-state index in [-0.39, 0.29) is 0 Å². The molecule has 274 valence electrons. The second-order valence-electron chi connectivity index (χ2n) is 14.6. The summed E-state index contributed by atoms with van der Waals surface area (Å²) < 4.78 is 8.76. The van der Waals surface area contributed by atoms with E-state index in [0.717, 1.165) is 78.4 Å².